The Morgan fingerprint density at radius 3 is 2.33 bits per heavy atom. The molecule has 0 bridgehead atoms. The quantitative estimate of drug-likeness (QED) is 0.376. The molecule has 0 spiro atoms. The molecule has 0 aliphatic heterocycles. The molecule has 0 radical (unpaired) electrons. The molecule has 33 heavy (non-hydrogen) atoms. The van der Waals surface area contributed by atoms with Gasteiger partial charge in [-0.3, -0.25) is 4.79 Å². The number of benzene rings is 2. The van der Waals surface area contributed by atoms with Gasteiger partial charge in [0.25, 0.3) is 0 Å². The monoisotopic (exact) mass is 451 g/mol. The summed E-state index contributed by atoms with van der Waals surface area (Å²) in [5.41, 5.74) is 3.50. The standard InChI is InChI=1S/C27H37N3O3/c1-6-8-11-19(7-2)18-33-24(31)17-15-20-14-16-23(26(32)25(20)27(3,4)5)30-28-21-12-9-10-13-22(21)29-30/h9-10,12-14,16,19,32H,6-8,11,15,17-18H2,1-5H3. The summed E-state index contributed by atoms with van der Waals surface area (Å²) in [5, 5.41) is 20.2. The summed E-state index contributed by atoms with van der Waals surface area (Å²) in [6.07, 6.45) is 5.24. The first-order chi connectivity index (χ1) is 15.7. The zero-order chi connectivity index (χ0) is 24.0. The molecular weight excluding hydrogens is 414 g/mol. The van der Waals surface area contributed by atoms with Crippen LogP contribution in [0.3, 0.4) is 0 Å². The minimum Gasteiger partial charge on any atom is -0.505 e. The Hall–Kier alpha value is -2.89. The zero-order valence-electron chi connectivity index (χ0n) is 20.6. The summed E-state index contributed by atoms with van der Waals surface area (Å²) in [5.74, 6) is 0.395. The van der Waals surface area contributed by atoms with Gasteiger partial charge in [-0.25, -0.2) is 0 Å². The number of fused-ring (bicyclic) bond motifs is 1. The van der Waals surface area contributed by atoms with Crippen molar-refractivity contribution in [1.82, 2.24) is 15.0 Å². The highest BCUT2D eigenvalue weighted by atomic mass is 16.5. The number of unbranched alkanes of at least 4 members (excludes halogenated alkanes) is 1. The van der Waals surface area contributed by atoms with E-state index in [1.54, 1.807) is 0 Å². The maximum Gasteiger partial charge on any atom is 0.306 e. The molecule has 0 aliphatic rings. The lowest BCUT2D eigenvalue weighted by Gasteiger charge is -2.25. The average molecular weight is 452 g/mol. The summed E-state index contributed by atoms with van der Waals surface area (Å²) in [4.78, 5) is 13.9. The van der Waals surface area contributed by atoms with Crippen LogP contribution in [0.25, 0.3) is 16.7 Å². The van der Waals surface area contributed by atoms with E-state index in [-0.39, 0.29) is 23.6 Å². The highest BCUT2D eigenvalue weighted by Crippen LogP contribution is 2.38. The van der Waals surface area contributed by atoms with Crippen molar-refractivity contribution >= 4 is 17.0 Å². The lowest BCUT2D eigenvalue weighted by molar-refractivity contribution is -0.145. The third-order valence-electron chi connectivity index (χ3n) is 6.12. The van der Waals surface area contributed by atoms with Gasteiger partial charge in [0.2, 0.25) is 0 Å². The van der Waals surface area contributed by atoms with E-state index in [9.17, 15) is 9.90 Å². The van der Waals surface area contributed by atoms with Gasteiger partial charge in [0.1, 0.15) is 22.5 Å². The van der Waals surface area contributed by atoms with Crippen LogP contribution in [0.1, 0.15) is 77.8 Å². The number of phenols is 1. The molecule has 1 atom stereocenters. The zero-order valence-corrected chi connectivity index (χ0v) is 20.6. The fourth-order valence-corrected chi connectivity index (χ4v) is 4.21. The van der Waals surface area contributed by atoms with Crippen LogP contribution < -0.4 is 0 Å². The van der Waals surface area contributed by atoms with Crippen molar-refractivity contribution in [3.8, 4) is 11.4 Å². The van der Waals surface area contributed by atoms with Crippen molar-refractivity contribution < 1.29 is 14.6 Å². The van der Waals surface area contributed by atoms with Crippen molar-refractivity contribution in [3.05, 3.63) is 47.5 Å². The van der Waals surface area contributed by atoms with Crippen LogP contribution in [0.2, 0.25) is 0 Å². The highest BCUT2D eigenvalue weighted by Gasteiger charge is 2.26. The van der Waals surface area contributed by atoms with Gasteiger partial charge in [-0.2, -0.15) is 0 Å². The van der Waals surface area contributed by atoms with Crippen LogP contribution in [0, 0.1) is 5.92 Å². The number of carbonyl (C=O) groups excluding carboxylic acids is 1. The Labute approximate surface area is 197 Å². The fourth-order valence-electron chi connectivity index (χ4n) is 4.21. The summed E-state index contributed by atoms with van der Waals surface area (Å²) in [6.45, 7) is 11.0. The number of ether oxygens (including phenoxy) is 1. The molecule has 0 aliphatic carbocycles. The van der Waals surface area contributed by atoms with Gasteiger partial charge >= 0.3 is 5.97 Å². The lowest BCUT2D eigenvalue weighted by atomic mass is 9.81. The molecule has 0 amide bonds. The Morgan fingerprint density at radius 1 is 1.09 bits per heavy atom. The van der Waals surface area contributed by atoms with E-state index in [1.807, 2.05) is 36.4 Å². The molecule has 6 nitrogen and oxygen atoms in total. The number of rotatable bonds is 10. The van der Waals surface area contributed by atoms with Crippen LogP contribution in [0.4, 0.5) is 0 Å². The van der Waals surface area contributed by atoms with Crippen LogP contribution in [0.15, 0.2) is 36.4 Å². The first-order valence-electron chi connectivity index (χ1n) is 12.1. The first-order valence-corrected chi connectivity index (χ1v) is 12.1. The van der Waals surface area contributed by atoms with Gasteiger partial charge in [-0.15, -0.1) is 15.0 Å². The molecule has 0 fully saturated rings. The van der Waals surface area contributed by atoms with Gasteiger partial charge in [0.05, 0.1) is 6.61 Å². The average Bonchev–Trinajstić information content (AvgIpc) is 3.20. The molecule has 2 aromatic carbocycles. The Kier molecular flexibility index (Phi) is 8.11. The van der Waals surface area contributed by atoms with Gasteiger partial charge in [0, 0.05) is 12.0 Å². The molecule has 1 unspecified atom stereocenters. The summed E-state index contributed by atoms with van der Waals surface area (Å²) in [7, 11) is 0. The second-order valence-electron chi connectivity index (χ2n) is 9.80. The van der Waals surface area contributed by atoms with E-state index in [1.165, 1.54) is 4.80 Å². The third-order valence-corrected chi connectivity index (χ3v) is 6.12. The summed E-state index contributed by atoms with van der Waals surface area (Å²) in [6, 6.07) is 11.4. The lowest BCUT2D eigenvalue weighted by Crippen LogP contribution is -2.18. The number of nitrogens with zero attached hydrogens (tertiary/aromatic N) is 3. The van der Waals surface area contributed by atoms with Crippen LogP contribution in [0.5, 0.6) is 5.75 Å². The fraction of sp³-hybridized carbons (Fsp3) is 0.519. The summed E-state index contributed by atoms with van der Waals surface area (Å²) >= 11 is 0. The second-order valence-corrected chi connectivity index (χ2v) is 9.80. The van der Waals surface area contributed by atoms with Crippen molar-refractivity contribution in [2.24, 2.45) is 5.92 Å². The molecule has 6 heteroatoms. The van der Waals surface area contributed by atoms with Crippen molar-refractivity contribution in [3.63, 3.8) is 0 Å². The normalized spacial score (nSPS) is 12.8. The van der Waals surface area contributed by atoms with Gasteiger partial charge in [-0.1, -0.05) is 72.1 Å². The predicted molar refractivity (Wildman–Crippen MR) is 132 cm³/mol. The van der Waals surface area contributed by atoms with Crippen LogP contribution >= 0.6 is 0 Å². The summed E-state index contributed by atoms with van der Waals surface area (Å²) < 4.78 is 5.57. The van der Waals surface area contributed by atoms with E-state index in [2.05, 4.69) is 44.8 Å². The number of esters is 1. The molecule has 1 heterocycles. The smallest absolute Gasteiger partial charge is 0.306 e. The maximum atomic E-state index is 12.4. The number of phenolic OH excluding ortho intramolecular Hbond substituents is 1. The number of aromatic hydroxyl groups is 1. The molecule has 3 aromatic rings. The van der Waals surface area contributed by atoms with Gasteiger partial charge in [-0.05, 0) is 47.9 Å². The van der Waals surface area contributed by atoms with E-state index in [4.69, 9.17) is 4.74 Å². The highest BCUT2D eigenvalue weighted by molar-refractivity contribution is 5.74. The van der Waals surface area contributed by atoms with Crippen molar-refractivity contribution in [1.29, 1.82) is 0 Å². The molecule has 0 saturated heterocycles. The maximum absolute atomic E-state index is 12.4. The largest absolute Gasteiger partial charge is 0.505 e. The van der Waals surface area contributed by atoms with E-state index in [0.717, 1.165) is 47.8 Å². The second kappa shape index (κ2) is 10.8. The van der Waals surface area contributed by atoms with Crippen LogP contribution in [-0.2, 0) is 21.4 Å². The molecule has 3 rings (SSSR count). The number of aromatic nitrogens is 3. The minimum atomic E-state index is -0.320. The Morgan fingerprint density at radius 2 is 1.76 bits per heavy atom. The number of hydrogen-bond donors (Lipinski definition) is 1. The minimum absolute atomic E-state index is 0.152. The first kappa shape index (κ1) is 24.7. The third kappa shape index (κ3) is 6.12. The number of aryl methyl sites for hydroxylation is 1. The Balaban J connectivity index is 1.77. The molecule has 0 saturated carbocycles. The SMILES string of the molecule is CCCCC(CC)COC(=O)CCc1ccc(-n2nc3ccccc3n2)c(O)c1C(C)(C)C. The van der Waals surface area contributed by atoms with E-state index < -0.39 is 0 Å². The van der Waals surface area contributed by atoms with E-state index in [0.29, 0.717) is 24.6 Å². The molecule has 1 aromatic heterocycles. The molecular formula is C27H37N3O3. The molecule has 1 N–H and O–H groups in total. The Bertz CT molecular complexity index is 1050. The number of hydrogen-bond acceptors (Lipinski definition) is 5. The van der Waals surface area contributed by atoms with Crippen molar-refractivity contribution in [2.45, 2.75) is 78.6 Å². The van der Waals surface area contributed by atoms with Gasteiger partial charge < -0.3 is 9.84 Å². The molecule has 178 valence electrons. The topological polar surface area (TPSA) is 77.2 Å². The predicted octanol–water partition coefficient (Wildman–Crippen LogP) is 6.12. The van der Waals surface area contributed by atoms with Crippen LogP contribution in [-0.4, -0.2) is 32.7 Å². The van der Waals surface area contributed by atoms with E-state index >= 15 is 0 Å². The number of carbonyl (C=O) groups is 1. The van der Waals surface area contributed by atoms with Gasteiger partial charge in [0.15, 0.2) is 0 Å². The van der Waals surface area contributed by atoms with Crippen molar-refractivity contribution in [2.75, 3.05) is 6.61 Å².